The van der Waals surface area contributed by atoms with E-state index in [2.05, 4.69) is 20.8 Å². The first kappa shape index (κ1) is 10.9. The number of carbonyl (C=O) groups excluding carboxylic acids is 1. The first-order valence-electron chi connectivity index (χ1n) is 5.74. The summed E-state index contributed by atoms with van der Waals surface area (Å²) in [6.45, 7) is 6.43. The lowest BCUT2D eigenvalue weighted by Crippen LogP contribution is -2.43. The molecule has 0 amide bonds. The molecule has 2 rings (SSSR count). The Balaban J connectivity index is 2.11. The minimum Gasteiger partial charge on any atom is -0.467 e. The van der Waals surface area contributed by atoms with Crippen LogP contribution in [0.2, 0.25) is 0 Å². The summed E-state index contributed by atoms with van der Waals surface area (Å²) in [5, 5.41) is 0. The molecule has 3 heteroatoms. The number of hydrogen-bond donors (Lipinski definition) is 0. The average molecular weight is 212 g/mol. The van der Waals surface area contributed by atoms with E-state index in [0.29, 0.717) is 11.8 Å². The SMILES string of the molecule is COC(=O)C1(CC(C)C)OC12CC(C)C2. The van der Waals surface area contributed by atoms with Crippen molar-refractivity contribution in [1.29, 1.82) is 0 Å². The number of carbonyl (C=O) groups is 1. The maximum atomic E-state index is 11.8. The second kappa shape index (κ2) is 3.21. The Hall–Kier alpha value is -0.570. The lowest BCUT2D eigenvalue weighted by atomic mass is 9.67. The fourth-order valence-corrected chi connectivity index (χ4v) is 3.07. The zero-order valence-corrected chi connectivity index (χ0v) is 10.0. The Bertz CT molecular complexity index is 279. The molecule has 0 bridgehead atoms. The van der Waals surface area contributed by atoms with E-state index >= 15 is 0 Å². The van der Waals surface area contributed by atoms with Crippen molar-refractivity contribution < 1.29 is 14.3 Å². The Labute approximate surface area is 91.1 Å². The summed E-state index contributed by atoms with van der Waals surface area (Å²) in [7, 11) is 1.45. The quantitative estimate of drug-likeness (QED) is 0.531. The molecule has 1 spiro atoms. The van der Waals surface area contributed by atoms with Gasteiger partial charge in [-0.3, -0.25) is 0 Å². The van der Waals surface area contributed by atoms with Crippen molar-refractivity contribution >= 4 is 5.97 Å². The second-order valence-electron chi connectivity index (χ2n) is 5.53. The van der Waals surface area contributed by atoms with Crippen LogP contribution in [-0.2, 0) is 14.3 Å². The van der Waals surface area contributed by atoms with Gasteiger partial charge in [0, 0.05) is 0 Å². The highest BCUT2D eigenvalue weighted by Crippen LogP contribution is 2.65. The van der Waals surface area contributed by atoms with Crippen LogP contribution in [0.4, 0.5) is 0 Å². The van der Waals surface area contributed by atoms with E-state index in [9.17, 15) is 4.79 Å². The number of esters is 1. The van der Waals surface area contributed by atoms with Crippen LogP contribution in [0.15, 0.2) is 0 Å². The number of epoxide rings is 1. The van der Waals surface area contributed by atoms with Gasteiger partial charge < -0.3 is 9.47 Å². The summed E-state index contributed by atoms with van der Waals surface area (Å²) in [4.78, 5) is 11.8. The molecule has 0 aromatic heterocycles. The first-order chi connectivity index (χ1) is 6.96. The van der Waals surface area contributed by atoms with Crippen molar-refractivity contribution in [3.8, 4) is 0 Å². The lowest BCUT2D eigenvalue weighted by molar-refractivity contribution is -0.147. The van der Waals surface area contributed by atoms with Gasteiger partial charge in [-0.25, -0.2) is 4.79 Å². The van der Waals surface area contributed by atoms with Crippen LogP contribution in [0.25, 0.3) is 0 Å². The third-order valence-electron chi connectivity index (χ3n) is 3.63. The van der Waals surface area contributed by atoms with E-state index in [1.54, 1.807) is 0 Å². The minimum atomic E-state index is -0.609. The molecular weight excluding hydrogens is 192 g/mol. The summed E-state index contributed by atoms with van der Waals surface area (Å²) in [6, 6.07) is 0. The minimum absolute atomic E-state index is 0.163. The number of rotatable bonds is 3. The van der Waals surface area contributed by atoms with E-state index in [-0.39, 0.29) is 11.6 Å². The van der Waals surface area contributed by atoms with Crippen LogP contribution in [0.3, 0.4) is 0 Å². The molecule has 2 fully saturated rings. The van der Waals surface area contributed by atoms with Gasteiger partial charge >= 0.3 is 5.97 Å². The van der Waals surface area contributed by atoms with E-state index in [1.165, 1.54) is 7.11 Å². The van der Waals surface area contributed by atoms with Crippen LogP contribution >= 0.6 is 0 Å². The van der Waals surface area contributed by atoms with Crippen LogP contribution in [-0.4, -0.2) is 24.3 Å². The van der Waals surface area contributed by atoms with Crippen LogP contribution in [0.5, 0.6) is 0 Å². The molecule has 15 heavy (non-hydrogen) atoms. The molecule has 1 aliphatic carbocycles. The highest BCUT2D eigenvalue weighted by atomic mass is 16.7. The molecule has 2 aliphatic rings. The van der Waals surface area contributed by atoms with Gasteiger partial charge in [0.2, 0.25) is 0 Å². The normalized spacial score (nSPS) is 42.9. The first-order valence-corrected chi connectivity index (χ1v) is 5.74. The van der Waals surface area contributed by atoms with Gasteiger partial charge in [0.1, 0.15) is 5.60 Å². The smallest absolute Gasteiger partial charge is 0.341 e. The molecule has 86 valence electrons. The molecule has 1 atom stereocenters. The maximum absolute atomic E-state index is 11.8. The third-order valence-corrected chi connectivity index (χ3v) is 3.63. The molecule has 1 heterocycles. The zero-order valence-electron chi connectivity index (χ0n) is 10.0. The van der Waals surface area contributed by atoms with Crippen LogP contribution < -0.4 is 0 Å². The molecular formula is C12H20O3. The number of hydrogen-bond acceptors (Lipinski definition) is 3. The molecule has 1 aliphatic heterocycles. The molecule has 1 saturated heterocycles. The number of ether oxygens (including phenoxy) is 2. The van der Waals surface area contributed by atoms with E-state index in [4.69, 9.17) is 9.47 Å². The van der Waals surface area contributed by atoms with Gasteiger partial charge in [0.05, 0.1) is 7.11 Å². The monoisotopic (exact) mass is 212 g/mol. The van der Waals surface area contributed by atoms with Gasteiger partial charge in [-0.1, -0.05) is 20.8 Å². The van der Waals surface area contributed by atoms with Crippen molar-refractivity contribution in [3.63, 3.8) is 0 Å². The standard InChI is InChI=1S/C12H20O3/c1-8(2)5-12(10(13)14-4)11(15-12)6-9(3)7-11/h8-9H,5-7H2,1-4H3. The Morgan fingerprint density at radius 3 is 2.53 bits per heavy atom. The van der Waals surface area contributed by atoms with Crippen LogP contribution in [0, 0.1) is 11.8 Å². The predicted molar refractivity (Wildman–Crippen MR) is 56.4 cm³/mol. The topological polar surface area (TPSA) is 38.8 Å². The summed E-state index contributed by atoms with van der Waals surface area (Å²) in [6.07, 6.45) is 2.80. The van der Waals surface area contributed by atoms with E-state index < -0.39 is 5.60 Å². The summed E-state index contributed by atoms with van der Waals surface area (Å²) in [5.41, 5.74) is -0.772. The molecule has 3 nitrogen and oxygen atoms in total. The van der Waals surface area contributed by atoms with Crippen molar-refractivity contribution in [2.45, 2.75) is 51.2 Å². The van der Waals surface area contributed by atoms with Gasteiger partial charge in [-0.2, -0.15) is 0 Å². The van der Waals surface area contributed by atoms with Gasteiger partial charge in [0.15, 0.2) is 5.60 Å². The molecule has 0 aromatic carbocycles. The largest absolute Gasteiger partial charge is 0.467 e. The highest BCUT2D eigenvalue weighted by Gasteiger charge is 2.78. The van der Waals surface area contributed by atoms with Gasteiger partial charge in [-0.15, -0.1) is 0 Å². The molecule has 0 N–H and O–H groups in total. The van der Waals surface area contributed by atoms with Gasteiger partial charge in [-0.05, 0) is 31.1 Å². The van der Waals surface area contributed by atoms with Crippen molar-refractivity contribution in [3.05, 3.63) is 0 Å². The summed E-state index contributed by atoms with van der Waals surface area (Å²) >= 11 is 0. The van der Waals surface area contributed by atoms with E-state index in [1.807, 2.05) is 0 Å². The van der Waals surface area contributed by atoms with Crippen molar-refractivity contribution in [2.24, 2.45) is 11.8 Å². The molecule has 1 saturated carbocycles. The van der Waals surface area contributed by atoms with Crippen LogP contribution in [0.1, 0.15) is 40.0 Å². The molecule has 1 unspecified atom stereocenters. The van der Waals surface area contributed by atoms with Crippen molar-refractivity contribution in [1.82, 2.24) is 0 Å². The Kier molecular flexibility index (Phi) is 2.34. The average Bonchev–Trinajstić information content (AvgIpc) is 2.72. The van der Waals surface area contributed by atoms with Gasteiger partial charge in [0.25, 0.3) is 0 Å². The summed E-state index contributed by atoms with van der Waals surface area (Å²) in [5.74, 6) is 0.964. The lowest BCUT2D eigenvalue weighted by Gasteiger charge is -2.33. The molecule has 0 aromatic rings. The zero-order chi connectivity index (χ0) is 11.3. The summed E-state index contributed by atoms with van der Waals surface area (Å²) < 4.78 is 10.7. The maximum Gasteiger partial charge on any atom is 0.341 e. The third kappa shape index (κ3) is 1.40. The fourth-order valence-electron chi connectivity index (χ4n) is 3.07. The van der Waals surface area contributed by atoms with Crippen molar-refractivity contribution in [2.75, 3.05) is 7.11 Å². The van der Waals surface area contributed by atoms with E-state index in [0.717, 1.165) is 19.3 Å². The Morgan fingerprint density at radius 2 is 2.13 bits per heavy atom. The second-order valence-corrected chi connectivity index (χ2v) is 5.53. The fraction of sp³-hybridized carbons (Fsp3) is 0.917. The predicted octanol–water partition coefficient (Wildman–Crippen LogP) is 2.14. The number of methoxy groups -OCH3 is 1. The Morgan fingerprint density at radius 1 is 1.53 bits per heavy atom. The molecule has 0 radical (unpaired) electrons. The highest BCUT2D eigenvalue weighted by molar-refractivity contribution is 5.85.